The average molecular weight is 321 g/mol. The fourth-order valence-electron chi connectivity index (χ4n) is 1.36. The van der Waals surface area contributed by atoms with Gasteiger partial charge in [0.1, 0.15) is 5.75 Å². The van der Waals surface area contributed by atoms with Crippen LogP contribution in [-0.2, 0) is 6.04 Å². The first-order valence-corrected chi connectivity index (χ1v) is 13.4. The van der Waals surface area contributed by atoms with Gasteiger partial charge in [0.2, 0.25) is 15.7 Å². The topological polar surface area (TPSA) is 9.23 Å². The van der Waals surface area contributed by atoms with Crippen LogP contribution in [0.15, 0.2) is 24.3 Å². The Morgan fingerprint density at radius 3 is 2.33 bits per heavy atom. The summed E-state index contributed by atoms with van der Waals surface area (Å²) in [5.74, 6) is 0.946. The van der Waals surface area contributed by atoms with Crippen LogP contribution in [0.3, 0.4) is 0 Å². The molecule has 0 radical (unpaired) electrons. The molecular weight excluding hydrogens is 299 g/mol. The minimum Gasteiger partial charge on any atom is -0.543 e. The fraction of sp³-hybridized carbons (Fsp3) is 0.538. The monoisotopic (exact) mass is 320 g/mol. The van der Waals surface area contributed by atoms with Crippen molar-refractivity contribution in [2.75, 3.05) is 0 Å². The summed E-state index contributed by atoms with van der Waals surface area (Å²) in [6.45, 7) is 11.2. The number of halogens is 2. The summed E-state index contributed by atoms with van der Waals surface area (Å²) in [4.78, 5) is 0. The average Bonchev–Trinajstić information content (AvgIpc) is 2.14. The number of rotatable bonds is 4. The Morgan fingerprint density at radius 2 is 1.83 bits per heavy atom. The summed E-state index contributed by atoms with van der Waals surface area (Å²) >= 11 is 11.9. The largest absolute Gasteiger partial charge is 0.543 e. The van der Waals surface area contributed by atoms with E-state index >= 15 is 0 Å². The van der Waals surface area contributed by atoms with Crippen LogP contribution >= 0.6 is 22.2 Å². The first-order chi connectivity index (χ1) is 8.12. The molecule has 5 heteroatoms. The maximum absolute atomic E-state index is 6.26. The van der Waals surface area contributed by atoms with Gasteiger partial charge < -0.3 is 4.43 Å². The predicted octanol–water partition coefficient (Wildman–Crippen LogP) is 4.85. The van der Waals surface area contributed by atoms with Gasteiger partial charge >= 0.3 is 0 Å². The van der Waals surface area contributed by atoms with Gasteiger partial charge in [0, 0.05) is 0 Å². The van der Waals surface area contributed by atoms with E-state index < -0.39 is 15.7 Å². The van der Waals surface area contributed by atoms with Crippen molar-refractivity contribution in [3.8, 4) is 5.75 Å². The zero-order valence-corrected chi connectivity index (χ0v) is 15.4. The lowest BCUT2D eigenvalue weighted by molar-refractivity contribution is 0.492. The van der Waals surface area contributed by atoms with E-state index in [0.29, 0.717) is 0 Å². The Bertz CT molecular complexity index is 400. The van der Waals surface area contributed by atoms with Crippen LogP contribution < -0.4 is 4.43 Å². The van der Waals surface area contributed by atoms with Crippen molar-refractivity contribution in [1.29, 1.82) is 0 Å². The third-order valence-electron chi connectivity index (χ3n) is 3.47. The molecule has 0 amide bonds. The molecule has 1 rings (SSSR count). The molecule has 1 aromatic carbocycles. The predicted molar refractivity (Wildman–Crippen MR) is 86.8 cm³/mol. The summed E-state index contributed by atoms with van der Waals surface area (Å²) < 4.78 is 6.26. The van der Waals surface area contributed by atoms with Crippen molar-refractivity contribution in [3.63, 3.8) is 0 Å². The summed E-state index contributed by atoms with van der Waals surface area (Å²) in [5.41, 5.74) is 1.17. The van der Waals surface area contributed by atoms with Crippen LogP contribution in [0.4, 0.5) is 0 Å². The second kappa shape index (κ2) is 5.99. The van der Waals surface area contributed by atoms with Gasteiger partial charge in [-0.2, -0.15) is 0 Å². The van der Waals surface area contributed by atoms with Crippen LogP contribution in [0, 0.1) is 0 Å². The van der Waals surface area contributed by atoms with Crippen molar-refractivity contribution in [1.82, 2.24) is 0 Å². The molecule has 0 aromatic heterocycles. The Balaban J connectivity index is 2.85. The fourth-order valence-corrected chi connectivity index (χ4v) is 4.06. The van der Waals surface area contributed by atoms with E-state index in [9.17, 15) is 0 Å². The maximum Gasteiger partial charge on any atom is 0.250 e. The molecule has 0 heterocycles. The third kappa shape index (κ3) is 4.61. The summed E-state index contributed by atoms with van der Waals surface area (Å²) in [7, 11) is -3.37. The van der Waals surface area contributed by atoms with E-state index in [0.717, 1.165) is 11.8 Å². The lowest BCUT2D eigenvalue weighted by Crippen LogP contribution is -2.43. The lowest BCUT2D eigenvalue weighted by atomic mass is 10.2. The molecule has 0 aliphatic rings. The van der Waals surface area contributed by atoms with E-state index in [4.69, 9.17) is 26.6 Å². The van der Waals surface area contributed by atoms with Crippen LogP contribution in [0.5, 0.6) is 5.75 Å². The van der Waals surface area contributed by atoms with E-state index in [1.165, 1.54) is 5.56 Å². The first-order valence-electron chi connectivity index (χ1n) is 6.18. The summed E-state index contributed by atoms with van der Waals surface area (Å²) in [5, 5.41) is 0.208. The quantitative estimate of drug-likeness (QED) is 0.569. The molecular formula is C13H22Cl2OSi2. The van der Waals surface area contributed by atoms with E-state index in [-0.39, 0.29) is 5.04 Å². The molecule has 0 fully saturated rings. The Kier molecular flexibility index (Phi) is 5.36. The SMILES string of the molecule is CC(C)(C)[Si](C)(C)Oc1cccc(C[SiH](Cl)Cl)c1. The Labute approximate surface area is 123 Å². The summed E-state index contributed by atoms with van der Waals surface area (Å²) in [6, 6.07) is 8.96. The molecule has 0 atom stereocenters. The van der Waals surface area contributed by atoms with Gasteiger partial charge in [-0.25, -0.2) is 0 Å². The van der Waals surface area contributed by atoms with Gasteiger partial charge in [-0.05, 0) is 41.9 Å². The van der Waals surface area contributed by atoms with Crippen molar-refractivity contribution < 1.29 is 4.43 Å². The smallest absolute Gasteiger partial charge is 0.250 e. The molecule has 0 saturated heterocycles. The third-order valence-corrected chi connectivity index (χ3v) is 9.53. The zero-order valence-electron chi connectivity index (χ0n) is 11.8. The zero-order chi connectivity index (χ0) is 14.0. The highest BCUT2D eigenvalue weighted by molar-refractivity contribution is 7.33. The highest BCUT2D eigenvalue weighted by Crippen LogP contribution is 2.37. The molecule has 0 bridgehead atoms. The van der Waals surface area contributed by atoms with E-state index in [1.807, 2.05) is 12.1 Å². The molecule has 0 spiro atoms. The molecule has 102 valence electrons. The van der Waals surface area contributed by atoms with Gasteiger partial charge in [-0.1, -0.05) is 32.9 Å². The highest BCUT2D eigenvalue weighted by Gasteiger charge is 2.38. The second-order valence-electron chi connectivity index (χ2n) is 6.10. The Hall–Kier alpha value is 0.0338. The van der Waals surface area contributed by atoms with Crippen molar-refractivity contribution in [2.45, 2.75) is 44.9 Å². The normalized spacial score (nSPS) is 12.9. The minimum absolute atomic E-state index is 0.208. The number of hydrogen-bond donors (Lipinski definition) is 0. The molecule has 1 nitrogen and oxygen atoms in total. The van der Waals surface area contributed by atoms with Gasteiger partial charge in [-0.15, -0.1) is 22.2 Å². The van der Waals surface area contributed by atoms with E-state index in [1.54, 1.807) is 0 Å². The van der Waals surface area contributed by atoms with Gasteiger partial charge in [0.15, 0.2) is 0 Å². The standard InChI is InChI=1S/C13H22Cl2OSi2/c1-13(2,3)18(4,5)16-12-8-6-7-11(9-12)10-17(14)15/h6-9,17H,10H2,1-5H3. The van der Waals surface area contributed by atoms with Crippen LogP contribution in [0.2, 0.25) is 18.1 Å². The van der Waals surface area contributed by atoms with E-state index in [2.05, 4.69) is 46.0 Å². The Morgan fingerprint density at radius 1 is 1.22 bits per heavy atom. The molecule has 0 unspecified atom stereocenters. The van der Waals surface area contributed by atoms with Crippen LogP contribution in [0.25, 0.3) is 0 Å². The van der Waals surface area contributed by atoms with Crippen molar-refractivity contribution >= 4 is 37.9 Å². The summed E-state index contributed by atoms with van der Waals surface area (Å²) in [6.07, 6.45) is 0. The lowest BCUT2D eigenvalue weighted by Gasteiger charge is -2.36. The highest BCUT2D eigenvalue weighted by atomic mass is 35.7. The first kappa shape index (κ1) is 16.1. The van der Waals surface area contributed by atoms with Gasteiger partial charge in [0.05, 0.1) is 0 Å². The van der Waals surface area contributed by atoms with Crippen LogP contribution in [-0.4, -0.2) is 15.7 Å². The molecule has 0 aliphatic carbocycles. The molecule has 0 saturated carbocycles. The number of benzene rings is 1. The van der Waals surface area contributed by atoms with Gasteiger partial charge in [0.25, 0.3) is 0 Å². The number of hydrogen-bond acceptors (Lipinski definition) is 1. The minimum atomic E-state index is -1.76. The van der Waals surface area contributed by atoms with Gasteiger partial charge in [-0.3, -0.25) is 0 Å². The molecule has 0 N–H and O–H groups in total. The molecule has 0 aliphatic heterocycles. The molecule has 18 heavy (non-hydrogen) atoms. The van der Waals surface area contributed by atoms with Crippen LogP contribution in [0.1, 0.15) is 26.3 Å². The molecule has 1 aromatic rings. The van der Waals surface area contributed by atoms with Crippen molar-refractivity contribution in [2.24, 2.45) is 0 Å². The van der Waals surface area contributed by atoms with Crippen molar-refractivity contribution in [3.05, 3.63) is 29.8 Å². The maximum atomic E-state index is 6.26. The second-order valence-corrected chi connectivity index (χ2v) is 15.9.